The Morgan fingerprint density at radius 1 is 1.09 bits per heavy atom. The lowest BCUT2D eigenvalue weighted by molar-refractivity contribution is -0.385. The minimum Gasteiger partial charge on any atom is -0.477 e. The number of carbonyl (C=O) groups is 1. The zero-order valence-corrected chi connectivity index (χ0v) is 18.6. The van der Waals surface area contributed by atoms with Crippen LogP contribution in [0.4, 0.5) is 11.4 Å². The summed E-state index contributed by atoms with van der Waals surface area (Å²) >= 11 is 0. The number of benzene rings is 2. The summed E-state index contributed by atoms with van der Waals surface area (Å²) in [6.07, 6.45) is 3.31. The van der Waals surface area contributed by atoms with Crippen molar-refractivity contribution in [3.63, 3.8) is 0 Å². The summed E-state index contributed by atoms with van der Waals surface area (Å²) in [5, 5.41) is 11.2. The van der Waals surface area contributed by atoms with Crippen LogP contribution in [0.1, 0.15) is 30.4 Å². The third-order valence-corrected chi connectivity index (χ3v) is 7.76. The van der Waals surface area contributed by atoms with Gasteiger partial charge in [0.2, 0.25) is 10.0 Å². The van der Waals surface area contributed by atoms with Gasteiger partial charge in [0.15, 0.2) is 12.4 Å². The quantitative estimate of drug-likeness (QED) is 0.485. The predicted octanol–water partition coefficient (Wildman–Crippen LogP) is 3.05. The Morgan fingerprint density at radius 3 is 2.56 bits per heavy atom. The van der Waals surface area contributed by atoms with E-state index in [1.54, 1.807) is 31.2 Å². The highest BCUT2D eigenvalue weighted by atomic mass is 32.2. The molecule has 0 spiro atoms. The van der Waals surface area contributed by atoms with Crippen LogP contribution in [0.2, 0.25) is 0 Å². The molecule has 170 valence electrons. The molecule has 2 aliphatic rings. The monoisotopic (exact) mass is 459 g/mol. The number of nitrogens with zero attached hydrogens (tertiary/aromatic N) is 3. The fraction of sp³-hybridized carbons (Fsp3) is 0.409. The number of sulfonamides is 1. The molecule has 1 saturated heterocycles. The number of hydrogen-bond donors (Lipinski definition) is 0. The summed E-state index contributed by atoms with van der Waals surface area (Å²) in [6.45, 7) is 2.90. The molecule has 2 aromatic rings. The Morgan fingerprint density at radius 2 is 1.84 bits per heavy atom. The number of amides is 1. The Bertz CT molecular complexity index is 1160. The highest BCUT2D eigenvalue weighted by Crippen LogP contribution is 2.32. The SMILES string of the molecule is Cc1ccc([N+](=O)[O-])c(OCC(=O)N2CCc3cc(S(=O)(=O)N4CCCCC4)ccc32)c1. The van der Waals surface area contributed by atoms with Gasteiger partial charge in [-0.3, -0.25) is 14.9 Å². The smallest absolute Gasteiger partial charge is 0.310 e. The first kappa shape index (κ1) is 22.2. The van der Waals surface area contributed by atoms with Crippen LogP contribution in [0.5, 0.6) is 5.75 Å². The Balaban J connectivity index is 1.49. The zero-order valence-electron chi connectivity index (χ0n) is 17.8. The van der Waals surface area contributed by atoms with Gasteiger partial charge in [-0.25, -0.2) is 8.42 Å². The van der Waals surface area contributed by atoms with Crippen LogP contribution in [0.15, 0.2) is 41.3 Å². The molecule has 1 amide bonds. The number of fused-ring (bicyclic) bond motifs is 1. The molecule has 4 rings (SSSR count). The van der Waals surface area contributed by atoms with Crippen molar-refractivity contribution in [3.8, 4) is 5.75 Å². The number of nitro groups is 1. The minimum atomic E-state index is -3.54. The summed E-state index contributed by atoms with van der Waals surface area (Å²) < 4.78 is 32.9. The van der Waals surface area contributed by atoms with Crippen LogP contribution in [-0.2, 0) is 21.2 Å². The van der Waals surface area contributed by atoms with E-state index in [-0.39, 0.29) is 28.8 Å². The molecule has 0 aliphatic carbocycles. The van der Waals surface area contributed by atoms with Crippen molar-refractivity contribution >= 4 is 27.3 Å². The van der Waals surface area contributed by atoms with Gasteiger partial charge < -0.3 is 9.64 Å². The van der Waals surface area contributed by atoms with Gasteiger partial charge in [0.05, 0.1) is 9.82 Å². The van der Waals surface area contributed by atoms with Crippen LogP contribution in [0, 0.1) is 17.0 Å². The van der Waals surface area contributed by atoms with Crippen molar-refractivity contribution < 1.29 is 22.9 Å². The maximum atomic E-state index is 12.9. The van der Waals surface area contributed by atoms with Crippen molar-refractivity contribution in [2.75, 3.05) is 31.1 Å². The van der Waals surface area contributed by atoms with E-state index in [9.17, 15) is 23.3 Å². The van der Waals surface area contributed by atoms with E-state index in [1.807, 2.05) is 0 Å². The lowest BCUT2D eigenvalue weighted by Gasteiger charge is -2.26. The van der Waals surface area contributed by atoms with Crippen molar-refractivity contribution in [2.24, 2.45) is 0 Å². The van der Waals surface area contributed by atoms with E-state index in [2.05, 4.69) is 0 Å². The lowest BCUT2D eigenvalue weighted by atomic mass is 10.2. The van der Waals surface area contributed by atoms with Gasteiger partial charge in [-0.15, -0.1) is 0 Å². The number of carbonyl (C=O) groups excluding carboxylic acids is 1. The average molecular weight is 460 g/mol. The molecule has 9 nitrogen and oxygen atoms in total. The molecule has 2 heterocycles. The van der Waals surface area contributed by atoms with Gasteiger partial charge in [-0.2, -0.15) is 4.31 Å². The average Bonchev–Trinajstić information content (AvgIpc) is 3.21. The van der Waals surface area contributed by atoms with E-state index >= 15 is 0 Å². The summed E-state index contributed by atoms with van der Waals surface area (Å²) in [7, 11) is -3.54. The fourth-order valence-corrected chi connectivity index (χ4v) is 5.73. The van der Waals surface area contributed by atoms with Crippen LogP contribution in [-0.4, -0.2) is 49.8 Å². The molecule has 2 aliphatic heterocycles. The summed E-state index contributed by atoms with van der Waals surface area (Å²) in [6, 6.07) is 9.34. The van der Waals surface area contributed by atoms with Crippen molar-refractivity contribution in [1.29, 1.82) is 0 Å². The molecular weight excluding hydrogens is 434 g/mol. The Kier molecular flexibility index (Phi) is 6.16. The second-order valence-electron chi connectivity index (χ2n) is 8.07. The molecule has 0 aromatic heterocycles. The van der Waals surface area contributed by atoms with Gasteiger partial charge in [-0.1, -0.05) is 12.5 Å². The van der Waals surface area contributed by atoms with E-state index in [0.717, 1.165) is 30.4 Å². The fourth-order valence-electron chi connectivity index (χ4n) is 4.16. The molecule has 0 atom stereocenters. The summed E-state index contributed by atoms with van der Waals surface area (Å²) in [4.78, 5) is 25.2. The third kappa shape index (κ3) is 4.33. The van der Waals surface area contributed by atoms with Gasteiger partial charge in [-0.05, 0) is 61.6 Å². The molecule has 0 bridgehead atoms. The van der Waals surface area contributed by atoms with Gasteiger partial charge >= 0.3 is 5.69 Å². The van der Waals surface area contributed by atoms with E-state index < -0.39 is 14.9 Å². The molecule has 0 saturated carbocycles. The van der Waals surface area contributed by atoms with E-state index in [1.165, 1.54) is 21.3 Å². The Labute approximate surface area is 186 Å². The first-order valence-electron chi connectivity index (χ1n) is 10.6. The number of aryl methyl sites for hydroxylation is 1. The lowest BCUT2D eigenvalue weighted by Crippen LogP contribution is -2.35. The highest BCUT2D eigenvalue weighted by molar-refractivity contribution is 7.89. The van der Waals surface area contributed by atoms with Crippen molar-refractivity contribution in [3.05, 3.63) is 57.6 Å². The second-order valence-corrected chi connectivity index (χ2v) is 10.0. The van der Waals surface area contributed by atoms with Crippen LogP contribution in [0.3, 0.4) is 0 Å². The second kappa shape index (κ2) is 8.87. The van der Waals surface area contributed by atoms with Crippen molar-refractivity contribution in [1.82, 2.24) is 4.31 Å². The molecule has 1 fully saturated rings. The molecular formula is C22H25N3O6S. The van der Waals surface area contributed by atoms with E-state index in [0.29, 0.717) is 31.7 Å². The maximum absolute atomic E-state index is 12.9. The van der Waals surface area contributed by atoms with Crippen LogP contribution in [0.25, 0.3) is 0 Å². The number of nitro benzene ring substituents is 1. The molecule has 0 N–H and O–H groups in total. The Hall–Kier alpha value is -2.98. The van der Waals surface area contributed by atoms with Gasteiger partial charge in [0.1, 0.15) is 0 Å². The van der Waals surface area contributed by atoms with Gasteiger partial charge in [0, 0.05) is 31.4 Å². The topological polar surface area (TPSA) is 110 Å². The first-order chi connectivity index (χ1) is 15.3. The molecule has 2 aromatic carbocycles. The number of rotatable bonds is 6. The number of piperidine rings is 1. The van der Waals surface area contributed by atoms with Gasteiger partial charge in [0.25, 0.3) is 5.91 Å². The highest BCUT2D eigenvalue weighted by Gasteiger charge is 2.30. The van der Waals surface area contributed by atoms with Crippen LogP contribution < -0.4 is 9.64 Å². The number of anilines is 1. The van der Waals surface area contributed by atoms with Crippen LogP contribution >= 0.6 is 0 Å². The maximum Gasteiger partial charge on any atom is 0.310 e. The standard InChI is InChI=1S/C22H25N3O6S/c1-16-5-7-20(25(27)28)21(13-16)31-15-22(26)24-12-9-17-14-18(6-8-19(17)24)32(29,30)23-10-3-2-4-11-23/h5-8,13-14H,2-4,9-12,15H2,1H3. The normalized spacial score (nSPS) is 16.6. The summed E-state index contributed by atoms with van der Waals surface area (Å²) in [5.41, 5.74) is 2.03. The van der Waals surface area contributed by atoms with Crippen molar-refractivity contribution in [2.45, 2.75) is 37.5 Å². The largest absolute Gasteiger partial charge is 0.477 e. The predicted molar refractivity (Wildman–Crippen MR) is 118 cm³/mol. The first-order valence-corrected chi connectivity index (χ1v) is 12.0. The third-order valence-electron chi connectivity index (χ3n) is 5.86. The molecule has 10 heteroatoms. The molecule has 32 heavy (non-hydrogen) atoms. The van der Waals surface area contributed by atoms with E-state index in [4.69, 9.17) is 4.74 Å². The number of hydrogen-bond acceptors (Lipinski definition) is 6. The summed E-state index contributed by atoms with van der Waals surface area (Å²) in [5.74, 6) is -0.295. The number of ether oxygens (including phenoxy) is 1. The minimum absolute atomic E-state index is 0.0470. The zero-order chi connectivity index (χ0) is 22.9. The molecule has 0 unspecified atom stereocenters. The molecule has 0 radical (unpaired) electrons.